The van der Waals surface area contributed by atoms with Crippen molar-refractivity contribution in [2.45, 2.75) is 25.2 Å². The molecule has 0 bridgehead atoms. The van der Waals surface area contributed by atoms with Gasteiger partial charge in [0.15, 0.2) is 11.5 Å². The molecule has 0 fully saturated rings. The molecule has 3 aromatic carbocycles. The fraction of sp³-hybridized carbons (Fsp3) is 0.188. The maximum absolute atomic E-state index is 13.2. The van der Waals surface area contributed by atoms with E-state index in [4.69, 9.17) is 14.2 Å². The average molecular weight is 539 g/mol. The number of thioether (sulfide) groups is 1. The summed E-state index contributed by atoms with van der Waals surface area (Å²) in [6.07, 6.45) is 1.52. The second kappa shape index (κ2) is 13.4. The Bertz CT molecular complexity index is 1430. The van der Waals surface area contributed by atoms with Gasteiger partial charge in [0.05, 0.1) is 35.3 Å². The molecule has 198 valence electrons. The maximum atomic E-state index is 13.2. The third-order valence-corrected chi connectivity index (χ3v) is 7.27. The smallest absolute Gasteiger partial charge is 0.337 e. The normalized spacial score (nSPS) is 14.7. The second-order valence-electron chi connectivity index (χ2n) is 8.80. The zero-order valence-corrected chi connectivity index (χ0v) is 22.8. The predicted octanol–water partition coefficient (Wildman–Crippen LogP) is 6.63. The molecule has 1 aliphatic rings. The molecular formula is C32H30N2O4S. The van der Waals surface area contributed by atoms with E-state index in [1.54, 1.807) is 7.11 Å². The fourth-order valence-electron chi connectivity index (χ4n) is 4.29. The molecule has 0 saturated heterocycles. The molecule has 6 nitrogen and oxygen atoms in total. The van der Waals surface area contributed by atoms with Crippen LogP contribution in [-0.4, -0.2) is 19.7 Å². The topological polar surface area (TPSA) is 80.6 Å². The van der Waals surface area contributed by atoms with Crippen LogP contribution in [0.3, 0.4) is 0 Å². The van der Waals surface area contributed by atoms with E-state index in [1.165, 1.54) is 17.8 Å². The zero-order chi connectivity index (χ0) is 27.6. The Balaban J connectivity index is 1.71. The van der Waals surface area contributed by atoms with Gasteiger partial charge in [0.25, 0.3) is 0 Å². The summed E-state index contributed by atoms with van der Waals surface area (Å²) in [6, 6.07) is 27.7. The van der Waals surface area contributed by atoms with Crippen LogP contribution < -0.4 is 14.8 Å². The second-order valence-corrected chi connectivity index (χ2v) is 9.78. The first-order valence-electron chi connectivity index (χ1n) is 12.5. The summed E-state index contributed by atoms with van der Waals surface area (Å²) in [5.41, 5.74) is 4.32. The molecule has 0 radical (unpaired) electrons. The maximum Gasteiger partial charge on any atom is 0.337 e. The first kappa shape index (κ1) is 27.6. The molecule has 39 heavy (non-hydrogen) atoms. The standard InChI is InChI=1S/C32H30N2O4S/c1-4-17-37-32(35)29-22(2)34-31(39-21-24-13-9-6-10-14-24)26(19-33)30(29)25-15-16-27(28(18-25)36-3)38-20-23-11-7-5-8-12-23/h4-16,18,30,34H,1,17,20-21H2,2-3H3/t30-/m0/s1. The van der Waals surface area contributed by atoms with E-state index in [1.807, 2.05) is 85.8 Å². The Labute approximate surface area is 233 Å². The Morgan fingerprint density at radius 1 is 1.05 bits per heavy atom. The molecule has 3 aromatic rings. The molecule has 0 aliphatic carbocycles. The Kier molecular flexibility index (Phi) is 9.49. The lowest BCUT2D eigenvalue weighted by Gasteiger charge is -2.29. The molecule has 0 amide bonds. The van der Waals surface area contributed by atoms with E-state index in [9.17, 15) is 10.1 Å². The molecule has 1 atom stereocenters. The van der Waals surface area contributed by atoms with E-state index in [0.717, 1.165) is 16.7 Å². The number of nitrogens with zero attached hydrogens (tertiary/aromatic N) is 1. The predicted molar refractivity (Wildman–Crippen MR) is 154 cm³/mol. The number of hydrogen-bond donors (Lipinski definition) is 1. The van der Waals surface area contributed by atoms with Gasteiger partial charge in [-0.05, 0) is 35.7 Å². The van der Waals surface area contributed by atoms with Crippen molar-refractivity contribution in [1.29, 1.82) is 5.26 Å². The van der Waals surface area contributed by atoms with E-state index in [-0.39, 0.29) is 6.61 Å². The number of carbonyl (C=O) groups excluding carboxylic acids is 1. The largest absolute Gasteiger partial charge is 0.493 e. The molecule has 0 unspecified atom stereocenters. The van der Waals surface area contributed by atoms with Gasteiger partial charge in [0.1, 0.15) is 13.2 Å². The van der Waals surface area contributed by atoms with Crippen LogP contribution in [0.5, 0.6) is 11.5 Å². The van der Waals surface area contributed by atoms with Crippen LogP contribution in [0.2, 0.25) is 0 Å². The molecule has 0 spiro atoms. The number of nitriles is 1. The van der Waals surface area contributed by atoms with E-state index in [0.29, 0.717) is 45.7 Å². The fourth-order valence-corrected chi connectivity index (χ4v) is 5.34. The number of rotatable bonds is 11. The third-order valence-electron chi connectivity index (χ3n) is 6.18. The number of carbonyl (C=O) groups is 1. The number of nitrogens with one attached hydrogen (secondary N) is 1. The van der Waals surface area contributed by atoms with Gasteiger partial charge < -0.3 is 19.5 Å². The molecular weight excluding hydrogens is 508 g/mol. The highest BCUT2D eigenvalue weighted by Gasteiger charge is 2.36. The van der Waals surface area contributed by atoms with Crippen molar-refractivity contribution in [2.24, 2.45) is 0 Å². The molecule has 7 heteroatoms. The van der Waals surface area contributed by atoms with Gasteiger partial charge >= 0.3 is 5.97 Å². The first-order valence-corrected chi connectivity index (χ1v) is 13.5. The summed E-state index contributed by atoms with van der Waals surface area (Å²) >= 11 is 1.52. The number of dihydropyridines is 1. The summed E-state index contributed by atoms with van der Waals surface area (Å²) < 4.78 is 17.1. The molecule has 1 aliphatic heterocycles. The van der Waals surface area contributed by atoms with E-state index >= 15 is 0 Å². The van der Waals surface area contributed by atoms with Crippen molar-refractivity contribution in [3.8, 4) is 17.6 Å². The van der Waals surface area contributed by atoms with Gasteiger partial charge in [0.2, 0.25) is 0 Å². The SMILES string of the molecule is C=CCOC(=O)C1=C(C)NC(SCc2ccccc2)=C(C#N)[C@@H]1c1ccc(OCc2ccccc2)c(OC)c1. The quantitative estimate of drug-likeness (QED) is 0.217. The van der Waals surface area contributed by atoms with Crippen LogP contribution in [0, 0.1) is 11.3 Å². The zero-order valence-electron chi connectivity index (χ0n) is 22.0. The van der Waals surface area contributed by atoms with Crippen LogP contribution >= 0.6 is 11.8 Å². The molecule has 0 aromatic heterocycles. The van der Waals surface area contributed by atoms with Crippen molar-refractivity contribution in [1.82, 2.24) is 5.32 Å². The van der Waals surface area contributed by atoms with Crippen molar-refractivity contribution in [3.63, 3.8) is 0 Å². The lowest BCUT2D eigenvalue weighted by molar-refractivity contribution is -0.138. The third kappa shape index (κ3) is 6.73. The highest BCUT2D eigenvalue weighted by atomic mass is 32.2. The van der Waals surface area contributed by atoms with E-state index in [2.05, 4.69) is 18.0 Å². The lowest BCUT2D eigenvalue weighted by atomic mass is 9.82. The first-order chi connectivity index (χ1) is 19.0. The summed E-state index contributed by atoms with van der Waals surface area (Å²) in [5, 5.41) is 14.3. The number of benzene rings is 3. The monoisotopic (exact) mass is 538 g/mol. The van der Waals surface area contributed by atoms with E-state index < -0.39 is 11.9 Å². The van der Waals surface area contributed by atoms with Gasteiger partial charge in [-0.1, -0.05) is 79.4 Å². The van der Waals surface area contributed by atoms with Crippen molar-refractivity contribution >= 4 is 17.7 Å². The Hall–Kier alpha value is -4.41. The highest BCUT2D eigenvalue weighted by Crippen LogP contribution is 2.43. The number of allylic oxidation sites excluding steroid dienone is 2. The summed E-state index contributed by atoms with van der Waals surface area (Å²) in [4.78, 5) is 13.2. The minimum atomic E-state index is -0.649. The summed E-state index contributed by atoms with van der Waals surface area (Å²) in [5.74, 6) is 0.586. The average Bonchev–Trinajstić information content (AvgIpc) is 2.98. The minimum absolute atomic E-state index is 0.0686. The Morgan fingerprint density at radius 2 is 1.74 bits per heavy atom. The number of hydrogen-bond acceptors (Lipinski definition) is 7. The van der Waals surface area contributed by atoms with Gasteiger partial charge in [-0.3, -0.25) is 0 Å². The Morgan fingerprint density at radius 3 is 2.38 bits per heavy atom. The number of esters is 1. The number of ether oxygens (including phenoxy) is 3. The summed E-state index contributed by atoms with van der Waals surface area (Å²) in [7, 11) is 1.57. The van der Waals surface area contributed by atoms with Crippen molar-refractivity contribution in [3.05, 3.63) is 130 Å². The van der Waals surface area contributed by atoms with Crippen molar-refractivity contribution in [2.75, 3.05) is 13.7 Å². The summed E-state index contributed by atoms with van der Waals surface area (Å²) in [6.45, 7) is 5.91. The van der Waals surface area contributed by atoms with Crippen LogP contribution in [0.15, 0.2) is 113 Å². The van der Waals surface area contributed by atoms with Gasteiger partial charge in [-0.25, -0.2) is 4.79 Å². The van der Waals surface area contributed by atoms with Crippen molar-refractivity contribution < 1.29 is 19.0 Å². The number of methoxy groups -OCH3 is 1. The van der Waals surface area contributed by atoms with Crippen LogP contribution in [0.1, 0.15) is 29.5 Å². The lowest BCUT2D eigenvalue weighted by Crippen LogP contribution is -2.29. The minimum Gasteiger partial charge on any atom is -0.493 e. The molecule has 1 heterocycles. The van der Waals surface area contributed by atoms with Crippen LogP contribution in [0.25, 0.3) is 0 Å². The van der Waals surface area contributed by atoms with Gasteiger partial charge in [0, 0.05) is 11.4 Å². The molecule has 1 N–H and O–H groups in total. The van der Waals surface area contributed by atoms with Crippen LogP contribution in [-0.2, 0) is 21.9 Å². The van der Waals surface area contributed by atoms with Crippen LogP contribution in [0.4, 0.5) is 0 Å². The van der Waals surface area contributed by atoms with Gasteiger partial charge in [-0.15, -0.1) is 11.8 Å². The van der Waals surface area contributed by atoms with Gasteiger partial charge in [-0.2, -0.15) is 5.26 Å². The molecule has 0 saturated carbocycles. The highest BCUT2D eigenvalue weighted by molar-refractivity contribution is 8.02. The molecule has 4 rings (SSSR count).